The molecular formula is C10H17FN4O. The number of nitrogens with zero attached hydrogens (tertiary/aromatic N) is 2. The Hall–Kier alpha value is -1.43. The van der Waals surface area contributed by atoms with Crippen molar-refractivity contribution in [2.24, 2.45) is 0 Å². The number of hydrogen-bond donors (Lipinski definition) is 2. The fraction of sp³-hybridized carbons (Fsp3) is 0.600. The lowest BCUT2D eigenvalue weighted by Crippen LogP contribution is -2.22. The summed E-state index contributed by atoms with van der Waals surface area (Å²) in [6.07, 6.45) is 1.15. The maximum absolute atomic E-state index is 13.4. The van der Waals surface area contributed by atoms with Crippen molar-refractivity contribution >= 4 is 11.8 Å². The van der Waals surface area contributed by atoms with E-state index in [0.29, 0.717) is 19.1 Å². The molecule has 0 spiro atoms. The molecule has 1 unspecified atom stereocenters. The Labute approximate surface area is 94.4 Å². The first-order chi connectivity index (χ1) is 7.67. The van der Waals surface area contributed by atoms with Gasteiger partial charge in [-0.15, -0.1) is 0 Å². The van der Waals surface area contributed by atoms with Crippen molar-refractivity contribution in [2.45, 2.75) is 19.9 Å². The molecule has 1 aromatic heterocycles. The summed E-state index contributed by atoms with van der Waals surface area (Å²) in [5.41, 5.74) is 0. The Morgan fingerprint density at radius 3 is 2.94 bits per heavy atom. The summed E-state index contributed by atoms with van der Waals surface area (Å²) in [6.45, 7) is 4.99. The van der Waals surface area contributed by atoms with Gasteiger partial charge in [0.15, 0.2) is 11.6 Å². The predicted molar refractivity (Wildman–Crippen MR) is 61.1 cm³/mol. The lowest BCUT2D eigenvalue weighted by molar-refractivity contribution is 0.190. The van der Waals surface area contributed by atoms with E-state index in [9.17, 15) is 4.39 Å². The largest absolute Gasteiger partial charge is 0.383 e. The number of anilines is 2. The minimum atomic E-state index is -0.468. The number of rotatable bonds is 6. The van der Waals surface area contributed by atoms with Crippen LogP contribution in [0.15, 0.2) is 6.20 Å². The molecule has 90 valence electrons. The van der Waals surface area contributed by atoms with E-state index >= 15 is 0 Å². The second-order valence-electron chi connectivity index (χ2n) is 3.42. The molecule has 0 amide bonds. The second kappa shape index (κ2) is 6.22. The van der Waals surface area contributed by atoms with Gasteiger partial charge in [0.1, 0.15) is 0 Å². The number of hydrogen-bond acceptors (Lipinski definition) is 5. The summed E-state index contributed by atoms with van der Waals surface area (Å²) in [5, 5.41) is 5.84. The van der Waals surface area contributed by atoms with Gasteiger partial charge in [-0.05, 0) is 13.8 Å². The van der Waals surface area contributed by atoms with Gasteiger partial charge < -0.3 is 15.4 Å². The molecule has 1 atom stereocenters. The Kier molecular flexibility index (Phi) is 4.91. The highest BCUT2D eigenvalue weighted by Gasteiger charge is 2.09. The molecule has 6 heteroatoms. The van der Waals surface area contributed by atoms with Gasteiger partial charge in [-0.25, -0.2) is 9.37 Å². The standard InChI is InChI=1S/C10H17FN4O/c1-4-12-10-13-5-8(11)9(15-10)14-7(2)6-16-3/h5,7H,4,6H2,1-3H3,(H2,12,13,14,15). The second-order valence-corrected chi connectivity index (χ2v) is 3.42. The smallest absolute Gasteiger partial charge is 0.224 e. The first-order valence-electron chi connectivity index (χ1n) is 5.19. The van der Waals surface area contributed by atoms with Crippen LogP contribution in [0.25, 0.3) is 0 Å². The predicted octanol–water partition coefficient (Wildman–Crippen LogP) is 1.49. The van der Waals surface area contributed by atoms with Crippen LogP contribution in [0.1, 0.15) is 13.8 Å². The SMILES string of the molecule is CCNc1ncc(F)c(NC(C)COC)n1. The normalized spacial score (nSPS) is 12.2. The topological polar surface area (TPSA) is 59.1 Å². The van der Waals surface area contributed by atoms with Crippen LogP contribution in [0.2, 0.25) is 0 Å². The Morgan fingerprint density at radius 1 is 1.56 bits per heavy atom. The van der Waals surface area contributed by atoms with Crippen molar-refractivity contribution in [1.29, 1.82) is 0 Å². The van der Waals surface area contributed by atoms with Gasteiger partial charge in [-0.2, -0.15) is 4.98 Å². The highest BCUT2D eigenvalue weighted by molar-refractivity contribution is 5.41. The van der Waals surface area contributed by atoms with E-state index < -0.39 is 5.82 Å². The molecule has 0 saturated carbocycles. The Balaban J connectivity index is 2.73. The molecule has 1 heterocycles. The molecule has 0 aliphatic rings. The van der Waals surface area contributed by atoms with Gasteiger partial charge in [0.2, 0.25) is 5.95 Å². The van der Waals surface area contributed by atoms with Gasteiger partial charge in [-0.3, -0.25) is 0 Å². The van der Waals surface area contributed by atoms with Crippen molar-refractivity contribution in [3.05, 3.63) is 12.0 Å². The molecule has 1 aromatic rings. The molecule has 0 aromatic carbocycles. The van der Waals surface area contributed by atoms with E-state index in [1.54, 1.807) is 7.11 Å². The van der Waals surface area contributed by atoms with Gasteiger partial charge >= 0.3 is 0 Å². The minimum Gasteiger partial charge on any atom is -0.383 e. The van der Waals surface area contributed by atoms with Gasteiger partial charge in [0.25, 0.3) is 0 Å². The fourth-order valence-electron chi connectivity index (χ4n) is 1.24. The Morgan fingerprint density at radius 2 is 2.31 bits per heavy atom. The van der Waals surface area contributed by atoms with E-state index in [4.69, 9.17) is 4.74 Å². The molecule has 0 aliphatic heterocycles. The first kappa shape index (κ1) is 12.6. The molecule has 16 heavy (non-hydrogen) atoms. The van der Waals surface area contributed by atoms with Crippen LogP contribution in [0.3, 0.4) is 0 Å². The van der Waals surface area contributed by atoms with Gasteiger partial charge in [-0.1, -0.05) is 0 Å². The van der Waals surface area contributed by atoms with Crippen molar-refractivity contribution in [2.75, 3.05) is 30.9 Å². The quantitative estimate of drug-likeness (QED) is 0.772. The summed E-state index contributed by atoms with van der Waals surface area (Å²) < 4.78 is 18.3. The van der Waals surface area contributed by atoms with Crippen molar-refractivity contribution in [3.63, 3.8) is 0 Å². The van der Waals surface area contributed by atoms with E-state index in [0.717, 1.165) is 6.20 Å². The summed E-state index contributed by atoms with van der Waals surface area (Å²) in [5.74, 6) is 0.135. The van der Waals surface area contributed by atoms with Crippen molar-refractivity contribution in [3.8, 4) is 0 Å². The zero-order valence-corrected chi connectivity index (χ0v) is 9.75. The van der Waals surface area contributed by atoms with Crippen LogP contribution in [0.4, 0.5) is 16.2 Å². The van der Waals surface area contributed by atoms with Crippen molar-refractivity contribution in [1.82, 2.24) is 9.97 Å². The third-order valence-corrected chi connectivity index (χ3v) is 1.88. The highest BCUT2D eigenvalue weighted by Crippen LogP contribution is 2.12. The Bertz CT molecular complexity index is 335. The highest BCUT2D eigenvalue weighted by atomic mass is 19.1. The lowest BCUT2D eigenvalue weighted by atomic mass is 10.3. The summed E-state index contributed by atoms with van der Waals surface area (Å²) in [7, 11) is 1.60. The van der Waals surface area contributed by atoms with E-state index in [1.807, 2.05) is 13.8 Å². The number of methoxy groups -OCH3 is 1. The van der Waals surface area contributed by atoms with Crippen LogP contribution in [0.5, 0.6) is 0 Å². The zero-order valence-electron chi connectivity index (χ0n) is 9.75. The van der Waals surface area contributed by atoms with E-state index in [2.05, 4.69) is 20.6 Å². The number of nitrogens with one attached hydrogen (secondary N) is 2. The van der Waals surface area contributed by atoms with E-state index in [1.165, 1.54) is 0 Å². The maximum atomic E-state index is 13.4. The van der Waals surface area contributed by atoms with Crippen LogP contribution in [-0.2, 0) is 4.74 Å². The van der Waals surface area contributed by atoms with Crippen LogP contribution >= 0.6 is 0 Å². The third kappa shape index (κ3) is 3.62. The number of halogens is 1. The van der Waals surface area contributed by atoms with Crippen LogP contribution in [-0.4, -0.2) is 36.3 Å². The molecule has 0 radical (unpaired) electrons. The fourth-order valence-corrected chi connectivity index (χ4v) is 1.24. The monoisotopic (exact) mass is 228 g/mol. The summed E-state index contributed by atoms with van der Waals surface area (Å²) >= 11 is 0. The van der Waals surface area contributed by atoms with E-state index in [-0.39, 0.29) is 11.9 Å². The van der Waals surface area contributed by atoms with Crippen molar-refractivity contribution < 1.29 is 9.13 Å². The average molecular weight is 228 g/mol. The molecule has 2 N–H and O–H groups in total. The lowest BCUT2D eigenvalue weighted by Gasteiger charge is -2.14. The molecule has 1 rings (SSSR count). The summed E-state index contributed by atoms with van der Waals surface area (Å²) in [6, 6.07) is -0.0103. The average Bonchev–Trinajstić information content (AvgIpc) is 2.24. The van der Waals surface area contributed by atoms with Gasteiger partial charge in [0, 0.05) is 19.7 Å². The molecule has 5 nitrogen and oxygen atoms in total. The minimum absolute atomic E-state index is 0.0103. The molecule has 0 fully saturated rings. The molecule has 0 aliphatic carbocycles. The molecular weight excluding hydrogens is 211 g/mol. The van der Waals surface area contributed by atoms with Crippen LogP contribution in [0, 0.1) is 5.82 Å². The van der Waals surface area contributed by atoms with Crippen LogP contribution < -0.4 is 10.6 Å². The molecule has 0 bridgehead atoms. The maximum Gasteiger partial charge on any atom is 0.224 e. The molecule has 0 saturated heterocycles. The third-order valence-electron chi connectivity index (χ3n) is 1.88. The van der Waals surface area contributed by atoms with Gasteiger partial charge in [0.05, 0.1) is 12.8 Å². The number of aromatic nitrogens is 2. The summed E-state index contributed by atoms with van der Waals surface area (Å²) in [4.78, 5) is 7.83. The first-order valence-corrected chi connectivity index (χ1v) is 5.19. The number of ether oxygens (including phenoxy) is 1. The zero-order chi connectivity index (χ0) is 12.0.